The van der Waals surface area contributed by atoms with Gasteiger partial charge < -0.3 is 15.1 Å². The van der Waals surface area contributed by atoms with Gasteiger partial charge in [-0.3, -0.25) is 0 Å². The Morgan fingerprint density at radius 3 is 2.92 bits per heavy atom. The number of carbonyl (C=O) groups excluding carboxylic acids is 1. The van der Waals surface area contributed by atoms with Crippen LogP contribution in [0.1, 0.15) is 19.0 Å². The molecule has 0 aliphatic rings. The maximum Gasteiger partial charge on any atom is 0.140 e. The Kier molecular flexibility index (Phi) is 3.19. The molecule has 4 heteroatoms. The van der Waals surface area contributed by atoms with E-state index in [0.29, 0.717) is 6.42 Å². The Labute approximate surface area is 77.8 Å². The summed E-state index contributed by atoms with van der Waals surface area (Å²) >= 11 is 0. The number of carbonyl (C=O) groups is 1. The minimum Gasteiger partial charge on any atom is -0.348 e. The molecule has 0 amide bonds. The molecule has 1 aromatic heterocycles. The smallest absolute Gasteiger partial charge is 0.140 e. The van der Waals surface area contributed by atoms with Crippen molar-refractivity contribution in [2.45, 2.75) is 25.3 Å². The van der Waals surface area contributed by atoms with Crippen molar-refractivity contribution in [3.8, 4) is 0 Å². The lowest BCUT2D eigenvalue weighted by Crippen LogP contribution is -2.46. The van der Waals surface area contributed by atoms with Crippen molar-refractivity contribution in [3.63, 3.8) is 0 Å². The first kappa shape index (κ1) is 9.92. The van der Waals surface area contributed by atoms with Gasteiger partial charge in [0.05, 0.1) is 11.9 Å². The first-order valence-electron chi connectivity index (χ1n) is 4.39. The highest BCUT2D eigenvalue weighted by Gasteiger charge is 2.25. The Bertz CT molecular complexity index is 252. The molecule has 0 spiro atoms. The molecule has 0 saturated carbocycles. The van der Waals surface area contributed by atoms with Crippen LogP contribution in [-0.4, -0.2) is 28.8 Å². The topological polar surface area (TPSA) is 57.8 Å². The van der Waals surface area contributed by atoms with E-state index in [1.807, 2.05) is 6.92 Å². The second-order valence-electron chi connectivity index (χ2n) is 3.13. The van der Waals surface area contributed by atoms with Crippen molar-refractivity contribution in [1.29, 1.82) is 0 Å². The number of likely N-dealkylation sites (N-methyl/N-ethyl adjacent to an activating group) is 1. The summed E-state index contributed by atoms with van der Waals surface area (Å²) in [6, 6.07) is 0. The molecule has 1 heterocycles. The Balaban J connectivity index is 2.73. The van der Waals surface area contributed by atoms with E-state index in [-0.39, 0.29) is 0 Å². The van der Waals surface area contributed by atoms with Crippen molar-refractivity contribution in [2.24, 2.45) is 0 Å². The predicted octanol–water partition coefficient (Wildman–Crippen LogP) is 0.519. The minimum atomic E-state index is -0.452. The molecule has 0 fully saturated rings. The van der Waals surface area contributed by atoms with Crippen LogP contribution >= 0.6 is 0 Å². The molecule has 0 aliphatic carbocycles. The lowest BCUT2D eigenvalue weighted by molar-refractivity contribution is -0.113. The van der Waals surface area contributed by atoms with Gasteiger partial charge >= 0.3 is 0 Å². The maximum absolute atomic E-state index is 10.9. The molecule has 0 radical (unpaired) electrons. The Morgan fingerprint density at radius 2 is 2.54 bits per heavy atom. The third-order valence-corrected chi connectivity index (χ3v) is 2.42. The second kappa shape index (κ2) is 4.18. The number of nitrogens with one attached hydrogen (secondary N) is 2. The van der Waals surface area contributed by atoms with E-state index in [4.69, 9.17) is 0 Å². The molecule has 0 saturated heterocycles. The van der Waals surface area contributed by atoms with E-state index >= 15 is 0 Å². The molecule has 1 rings (SSSR count). The molecule has 0 bridgehead atoms. The summed E-state index contributed by atoms with van der Waals surface area (Å²) in [5.41, 5.74) is 0.523. The number of nitrogens with zero attached hydrogens (tertiary/aromatic N) is 1. The number of hydrogen-bond donors (Lipinski definition) is 2. The molecule has 0 aromatic carbocycles. The number of imidazole rings is 1. The van der Waals surface area contributed by atoms with Gasteiger partial charge in [0.2, 0.25) is 0 Å². The zero-order valence-corrected chi connectivity index (χ0v) is 8.00. The van der Waals surface area contributed by atoms with Gasteiger partial charge in [0.25, 0.3) is 0 Å². The van der Waals surface area contributed by atoms with Gasteiger partial charge in [0.1, 0.15) is 6.29 Å². The molecule has 0 aliphatic heterocycles. The molecule has 1 aromatic rings. The SMILES string of the molecule is CC[C@@](C=O)(Cc1cnc[nH]1)NC. The van der Waals surface area contributed by atoms with Crippen LogP contribution < -0.4 is 5.32 Å². The summed E-state index contributed by atoms with van der Waals surface area (Å²) in [7, 11) is 1.80. The predicted molar refractivity (Wildman–Crippen MR) is 50.4 cm³/mol. The Morgan fingerprint density at radius 1 is 1.77 bits per heavy atom. The summed E-state index contributed by atoms with van der Waals surface area (Å²) in [4.78, 5) is 17.8. The van der Waals surface area contributed by atoms with Gasteiger partial charge in [-0.15, -0.1) is 0 Å². The monoisotopic (exact) mass is 181 g/mol. The summed E-state index contributed by atoms with van der Waals surface area (Å²) in [5.74, 6) is 0. The highest BCUT2D eigenvalue weighted by Crippen LogP contribution is 2.12. The number of H-pyrrole nitrogens is 1. The van der Waals surface area contributed by atoms with Crippen LogP contribution in [0.25, 0.3) is 0 Å². The largest absolute Gasteiger partial charge is 0.348 e. The number of hydrogen-bond acceptors (Lipinski definition) is 3. The number of aromatic nitrogens is 2. The standard InChI is InChI=1S/C9H15N3O/c1-3-9(6-13,10-2)4-8-5-11-7-12-8/h5-7,10H,3-4H2,1-2H3,(H,11,12)/t9-/m0/s1. The van der Waals surface area contributed by atoms with Crippen LogP contribution in [0.5, 0.6) is 0 Å². The van der Waals surface area contributed by atoms with Crippen molar-refractivity contribution < 1.29 is 4.79 Å². The van der Waals surface area contributed by atoms with Gasteiger partial charge in [-0.2, -0.15) is 0 Å². The summed E-state index contributed by atoms with van der Waals surface area (Å²) in [5, 5.41) is 3.04. The number of aldehydes is 1. The molecule has 2 N–H and O–H groups in total. The van der Waals surface area contributed by atoms with Gasteiger partial charge in [0.15, 0.2) is 0 Å². The first-order valence-corrected chi connectivity index (χ1v) is 4.39. The molecule has 1 atom stereocenters. The number of aromatic amines is 1. The van der Waals surface area contributed by atoms with E-state index in [2.05, 4.69) is 15.3 Å². The summed E-state index contributed by atoms with van der Waals surface area (Å²) in [6.07, 6.45) is 5.75. The van der Waals surface area contributed by atoms with Crippen molar-refractivity contribution in [1.82, 2.24) is 15.3 Å². The van der Waals surface area contributed by atoms with E-state index in [9.17, 15) is 4.79 Å². The summed E-state index contributed by atoms with van der Waals surface area (Å²) in [6.45, 7) is 1.99. The zero-order valence-electron chi connectivity index (χ0n) is 8.00. The minimum absolute atomic E-state index is 0.452. The number of rotatable bonds is 5. The van der Waals surface area contributed by atoms with Crippen LogP contribution in [0, 0.1) is 0 Å². The average molecular weight is 181 g/mol. The van der Waals surface area contributed by atoms with E-state index in [0.717, 1.165) is 18.4 Å². The third-order valence-electron chi connectivity index (χ3n) is 2.42. The van der Waals surface area contributed by atoms with E-state index < -0.39 is 5.54 Å². The molecular weight excluding hydrogens is 166 g/mol. The highest BCUT2D eigenvalue weighted by molar-refractivity contribution is 5.64. The maximum atomic E-state index is 10.9. The van der Waals surface area contributed by atoms with Crippen LogP contribution in [0.15, 0.2) is 12.5 Å². The van der Waals surface area contributed by atoms with Crippen molar-refractivity contribution in [2.75, 3.05) is 7.05 Å². The van der Waals surface area contributed by atoms with Crippen LogP contribution in [0.4, 0.5) is 0 Å². The molecule has 4 nitrogen and oxygen atoms in total. The molecule has 13 heavy (non-hydrogen) atoms. The fourth-order valence-electron chi connectivity index (χ4n) is 1.30. The van der Waals surface area contributed by atoms with Gasteiger partial charge in [-0.05, 0) is 13.5 Å². The highest BCUT2D eigenvalue weighted by atomic mass is 16.1. The molecule has 72 valence electrons. The molecule has 0 unspecified atom stereocenters. The zero-order chi connectivity index (χ0) is 9.73. The average Bonchev–Trinajstić information content (AvgIpc) is 2.67. The summed E-state index contributed by atoms with van der Waals surface area (Å²) < 4.78 is 0. The Hall–Kier alpha value is -1.16. The fourth-order valence-corrected chi connectivity index (χ4v) is 1.30. The van der Waals surface area contributed by atoms with Gasteiger partial charge in [-0.25, -0.2) is 4.98 Å². The van der Waals surface area contributed by atoms with Crippen LogP contribution in [0.3, 0.4) is 0 Å². The first-order chi connectivity index (χ1) is 6.26. The van der Waals surface area contributed by atoms with Crippen molar-refractivity contribution >= 4 is 6.29 Å². The molecular formula is C9H15N3O. The van der Waals surface area contributed by atoms with Crippen molar-refractivity contribution in [3.05, 3.63) is 18.2 Å². The van der Waals surface area contributed by atoms with E-state index in [1.54, 1.807) is 19.6 Å². The van der Waals surface area contributed by atoms with E-state index in [1.165, 1.54) is 0 Å². The van der Waals surface area contributed by atoms with Crippen LogP contribution in [0.2, 0.25) is 0 Å². The lowest BCUT2D eigenvalue weighted by Gasteiger charge is -2.25. The van der Waals surface area contributed by atoms with Crippen LogP contribution in [-0.2, 0) is 11.2 Å². The lowest BCUT2D eigenvalue weighted by atomic mass is 9.93. The normalized spacial score (nSPS) is 15.2. The fraction of sp³-hybridized carbons (Fsp3) is 0.556. The third kappa shape index (κ3) is 2.15. The van der Waals surface area contributed by atoms with Gasteiger partial charge in [-0.1, -0.05) is 6.92 Å². The van der Waals surface area contributed by atoms with Gasteiger partial charge in [0, 0.05) is 18.3 Å². The second-order valence-corrected chi connectivity index (χ2v) is 3.13. The quantitative estimate of drug-likeness (QED) is 0.651.